The van der Waals surface area contributed by atoms with E-state index in [1.165, 1.54) is 18.2 Å². The Kier molecular flexibility index (Phi) is 7.93. The number of hydrogen-bond acceptors (Lipinski definition) is 6. The third-order valence-corrected chi connectivity index (χ3v) is 8.38. The van der Waals surface area contributed by atoms with Crippen LogP contribution in [0.5, 0.6) is 0 Å². The molecule has 1 saturated heterocycles. The van der Waals surface area contributed by atoms with Gasteiger partial charge < -0.3 is 20.3 Å². The molecule has 2 aromatic carbocycles. The van der Waals surface area contributed by atoms with Gasteiger partial charge in [0.05, 0.1) is 28.7 Å². The second-order valence-electron chi connectivity index (χ2n) is 12.4. The zero-order valence-electron chi connectivity index (χ0n) is 23.8. The fraction of sp³-hybridized carbons (Fsp3) is 0.452. The van der Waals surface area contributed by atoms with Crippen molar-refractivity contribution >= 4 is 11.8 Å². The lowest BCUT2D eigenvalue weighted by molar-refractivity contribution is -0.127. The Morgan fingerprint density at radius 2 is 1.76 bits per heavy atom. The van der Waals surface area contributed by atoms with E-state index in [1.807, 2.05) is 6.92 Å². The number of carbonyl (C=O) groups excluding carboxylic acids is 2. The summed E-state index contributed by atoms with van der Waals surface area (Å²) >= 11 is 0. The SMILES string of the molecule is CC1(O)CCC(N2CC(CC(=O)NC(C)(C)c3ccccc3F)(NC(=O)c3cc(-c4ccc(F)cc4F)on3)C2)CC1. The van der Waals surface area contributed by atoms with E-state index < -0.39 is 40.0 Å². The molecular formula is C31H35F3N4O4. The number of hydrogen-bond donors (Lipinski definition) is 3. The average molecular weight is 585 g/mol. The van der Waals surface area contributed by atoms with Gasteiger partial charge in [-0.25, -0.2) is 13.2 Å². The quantitative estimate of drug-likeness (QED) is 0.355. The summed E-state index contributed by atoms with van der Waals surface area (Å²) in [7, 11) is 0. The molecule has 3 aromatic rings. The molecule has 42 heavy (non-hydrogen) atoms. The fourth-order valence-corrected chi connectivity index (χ4v) is 6.05. The van der Waals surface area contributed by atoms with Crippen molar-refractivity contribution in [3.8, 4) is 11.3 Å². The maximum atomic E-state index is 14.5. The second kappa shape index (κ2) is 11.2. The number of carbonyl (C=O) groups is 2. The van der Waals surface area contributed by atoms with Gasteiger partial charge in [0.1, 0.15) is 17.5 Å². The summed E-state index contributed by atoms with van der Waals surface area (Å²) < 4.78 is 47.3. The van der Waals surface area contributed by atoms with Gasteiger partial charge in [-0.05, 0) is 64.7 Å². The molecule has 1 aliphatic carbocycles. The van der Waals surface area contributed by atoms with Crippen LogP contribution in [0.15, 0.2) is 53.1 Å². The molecule has 3 N–H and O–H groups in total. The van der Waals surface area contributed by atoms with E-state index in [4.69, 9.17) is 4.52 Å². The fourth-order valence-electron chi connectivity index (χ4n) is 6.05. The third-order valence-electron chi connectivity index (χ3n) is 8.38. The van der Waals surface area contributed by atoms with E-state index in [0.717, 1.165) is 18.9 Å². The van der Waals surface area contributed by atoms with Crippen molar-refractivity contribution in [3.05, 3.63) is 77.2 Å². The van der Waals surface area contributed by atoms with Crippen LogP contribution in [0.2, 0.25) is 0 Å². The second-order valence-corrected chi connectivity index (χ2v) is 12.4. The molecule has 2 aliphatic rings. The average Bonchev–Trinajstić information content (AvgIpc) is 3.37. The van der Waals surface area contributed by atoms with Gasteiger partial charge in [0.2, 0.25) is 5.91 Å². The number of aromatic nitrogens is 1. The minimum Gasteiger partial charge on any atom is -0.390 e. The van der Waals surface area contributed by atoms with Crippen molar-refractivity contribution in [1.82, 2.24) is 20.7 Å². The van der Waals surface area contributed by atoms with Crippen LogP contribution in [0.1, 0.15) is 68.9 Å². The first-order valence-corrected chi connectivity index (χ1v) is 14.0. The lowest BCUT2D eigenvalue weighted by Crippen LogP contribution is -2.73. The molecule has 224 valence electrons. The Morgan fingerprint density at radius 3 is 2.43 bits per heavy atom. The monoisotopic (exact) mass is 584 g/mol. The first kappa shape index (κ1) is 29.8. The molecule has 2 amide bonds. The zero-order chi connectivity index (χ0) is 30.3. The van der Waals surface area contributed by atoms with Gasteiger partial charge in [0.25, 0.3) is 5.91 Å². The van der Waals surface area contributed by atoms with Crippen LogP contribution in [0.25, 0.3) is 11.3 Å². The van der Waals surface area contributed by atoms with Crippen LogP contribution in [-0.4, -0.2) is 57.2 Å². The number of benzene rings is 2. The summed E-state index contributed by atoms with van der Waals surface area (Å²) in [6.45, 7) is 6.02. The highest BCUT2D eigenvalue weighted by molar-refractivity contribution is 5.94. The maximum Gasteiger partial charge on any atom is 0.274 e. The van der Waals surface area contributed by atoms with E-state index >= 15 is 0 Å². The van der Waals surface area contributed by atoms with Crippen molar-refractivity contribution in [2.45, 2.75) is 75.6 Å². The summed E-state index contributed by atoms with van der Waals surface area (Å²) in [5, 5.41) is 20.0. The van der Waals surface area contributed by atoms with Crippen LogP contribution >= 0.6 is 0 Å². The molecule has 0 spiro atoms. The van der Waals surface area contributed by atoms with Gasteiger partial charge in [-0.3, -0.25) is 14.5 Å². The lowest BCUT2D eigenvalue weighted by Gasteiger charge is -2.54. The molecule has 1 saturated carbocycles. The van der Waals surface area contributed by atoms with Crippen molar-refractivity contribution < 1.29 is 32.4 Å². The molecule has 0 radical (unpaired) electrons. The van der Waals surface area contributed by atoms with Gasteiger partial charge >= 0.3 is 0 Å². The first-order chi connectivity index (χ1) is 19.8. The summed E-state index contributed by atoms with van der Waals surface area (Å²) in [6.07, 6.45) is 2.83. The van der Waals surface area contributed by atoms with Gasteiger partial charge in [-0.15, -0.1) is 0 Å². The summed E-state index contributed by atoms with van der Waals surface area (Å²) in [6, 6.07) is 10.7. The molecule has 1 aliphatic heterocycles. The summed E-state index contributed by atoms with van der Waals surface area (Å²) in [5.41, 5.74) is -2.48. The number of nitrogens with one attached hydrogen (secondary N) is 2. The van der Waals surface area contributed by atoms with Crippen molar-refractivity contribution in [2.75, 3.05) is 13.1 Å². The highest BCUT2D eigenvalue weighted by Gasteiger charge is 2.49. The lowest BCUT2D eigenvalue weighted by atomic mass is 9.78. The zero-order valence-corrected chi connectivity index (χ0v) is 23.8. The van der Waals surface area contributed by atoms with Gasteiger partial charge in [0.15, 0.2) is 11.5 Å². The van der Waals surface area contributed by atoms with Crippen LogP contribution in [0, 0.1) is 17.5 Å². The minimum atomic E-state index is -1.01. The predicted molar refractivity (Wildman–Crippen MR) is 149 cm³/mol. The molecule has 5 rings (SSSR count). The number of likely N-dealkylation sites (tertiary alicyclic amines) is 1. The Hall–Kier alpha value is -3.70. The number of rotatable bonds is 8. The van der Waals surface area contributed by atoms with Crippen LogP contribution in [0.3, 0.4) is 0 Å². The van der Waals surface area contributed by atoms with Crippen molar-refractivity contribution in [2.24, 2.45) is 0 Å². The van der Waals surface area contributed by atoms with E-state index in [-0.39, 0.29) is 35.4 Å². The van der Waals surface area contributed by atoms with E-state index in [9.17, 15) is 27.9 Å². The Balaban J connectivity index is 1.32. The maximum absolute atomic E-state index is 14.5. The van der Waals surface area contributed by atoms with Crippen molar-refractivity contribution in [1.29, 1.82) is 0 Å². The van der Waals surface area contributed by atoms with Crippen LogP contribution in [0.4, 0.5) is 13.2 Å². The Labute approximate surface area is 242 Å². The molecular weight excluding hydrogens is 549 g/mol. The molecule has 2 fully saturated rings. The topological polar surface area (TPSA) is 108 Å². The molecule has 0 bridgehead atoms. The van der Waals surface area contributed by atoms with Crippen LogP contribution < -0.4 is 10.6 Å². The number of aliphatic hydroxyl groups is 1. The molecule has 8 nitrogen and oxygen atoms in total. The molecule has 2 heterocycles. The van der Waals surface area contributed by atoms with E-state index in [1.54, 1.807) is 32.0 Å². The van der Waals surface area contributed by atoms with Gasteiger partial charge in [-0.2, -0.15) is 0 Å². The molecule has 11 heteroatoms. The highest BCUT2D eigenvalue weighted by atomic mass is 19.1. The summed E-state index contributed by atoms with van der Waals surface area (Å²) in [5.74, 6) is -3.06. The standard InChI is InChI=1S/C31H35F3N4O4/c1-29(2,22-6-4-5-7-23(22)33)35-27(39)16-31(17-38(18-31)20-10-12-30(3,41)13-11-20)36-28(40)25-15-26(42-37-25)21-9-8-19(32)14-24(21)34/h4-9,14-15,20,41H,10-13,16-18H2,1-3H3,(H,35,39)(H,36,40). The summed E-state index contributed by atoms with van der Waals surface area (Å²) in [4.78, 5) is 28.9. The number of amides is 2. The van der Waals surface area contributed by atoms with Crippen LogP contribution in [-0.2, 0) is 10.3 Å². The van der Waals surface area contributed by atoms with E-state index in [2.05, 4.69) is 20.7 Å². The molecule has 0 unspecified atom stereocenters. The molecule has 1 aromatic heterocycles. The highest BCUT2D eigenvalue weighted by Crippen LogP contribution is 2.36. The smallest absolute Gasteiger partial charge is 0.274 e. The Bertz CT molecular complexity index is 1470. The van der Waals surface area contributed by atoms with Crippen molar-refractivity contribution in [3.63, 3.8) is 0 Å². The Morgan fingerprint density at radius 1 is 1.07 bits per heavy atom. The molecule has 0 atom stereocenters. The predicted octanol–water partition coefficient (Wildman–Crippen LogP) is 4.68. The van der Waals surface area contributed by atoms with Gasteiger partial charge in [-0.1, -0.05) is 23.4 Å². The minimum absolute atomic E-state index is 0.0411. The van der Waals surface area contributed by atoms with E-state index in [0.29, 0.717) is 37.6 Å². The normalized spacial score (nSPS) is 22.3. The number of halogens is 3. The van der Waals surface area contributed by atoms with Gasteiger partial charge in [0, 0.05) is 36.8 Å². The number of nitrogens with zero attached hydrogens (tertiary/aromatic N) is 2. The largest absolute Gasteiger partial charge is 0.390 e. The first-order valence-electron chi connectivity index (χ1n) is 14.0. The third kappa shape index (κ3) is 6.37.